The molecule has 2 fully saturated rings. The summed E-state index contributed by atoms with van der Waals surface area (Å²) in [6.45, 7) is 5.95. The number of hydrogen-bond acceptors (Lipinski definition) is 5. The minimum Gasteiger partial charge on any atom is -0.464 e. The van der Waals surface area contributed by atoms with E-state index in [2.05, 4.69) is 5.32 Å². The second-order valence-electron chi connectivity index (χ2n) is 5.15. The highest BCUT2D eigenvalue weighted by Crippen LogP contribution is 2.39. The van der Waals surface area contributed by atoms with Crippen molar-refractivity contribution in [3.8, 4) is 0 Å². The van der Waals surface area contributed by atoms with Crippen molar-refractivity contribution < 1.29 is 14.3 Å². The highest BCUT2D eigenvalue weighted by atomic mass is 32.2. The molecule has 0 aliphatic carbocycles. The lowest BCUT2D eigenvalue weighted by molar-refractivity contribution is -0.156. The fourth-order valence-electron chi connectivity index (χ4n) is 2.65. The first-order chi connectivity index (χ1) is 9.08. The number of esters is 1. The lowest BCUT2D eigenvalue weighted by Crippen LogP contribution is -2.60. The standard InChI is InChI=1S/C13H22N2O3S/c1-3-18-11(16)10-9-14-6-7-15(10)12(17)13(2)5-4-8-19-13/h10,14H,3-9H2,1-2H3. The van der Waals surface area contributed by atoms with Gasteiger partial charge >= 0.3 is 5.97 Å². The Morgan fingerprint density at radius 3 is 2.95 bits per heavy atom. The van der Waals surface area contributed by atoms with E-state index in [1.807, 2.05) is 6.92 Å². The molecule has 2 aliphatic heterocycles. The molecule has 2 atom stereocenters. The Bertz CT molecular complexity index is 356. The van der Waals surface area contributed by atoms with Gasteiger partial charge < -0.3 is 15.0 Å². The normalized spacial score (nSPS) is 31.3. The van der Waals surface area contributed by atoms with Gasteiger partial charge in [-0.05, 0) is 32.4 Å². The third-order valence-corrected chi connectivity index (χ3v) is 5.24. The first kappa shape index (κ1) is 14.7. The molecule has 2 saturated heterocycles. The van der Waals surface area contributed by atoms with Crippen molar-refractivity contribution >= 4 is 23.6 Å². The highest BCUT2D eigenvalue weighted by molar-refractivity contribution is 8.01. The molecule has 108 valence electrons. The zero-order valence-electron chi connectivity index (χ0n) is 11.6. The van der Waals surface area contributed by atoms with E-state index in [9.17, 15) is 9.59 Å². The molecule has 2 rings (SSSR count). The Morgan fingerprint density at radius 2 is 2.32 bits per heavy atom. The number of hydrogen-bond donors (Lipinski definition) is 1. The number of carbonyl (C=O) groups excluding carboxylic acids is 2. The Balaban J connectivity index is 2.10. The van der Waals surface area contributed by atoms with Crippen molar-refractivity contribution in [3.05, 3.63) is 0 Å². The van der Waals surface area contributed by atoms with Crippen molar-refractivity contribution in [2.24, 2.45) is 0 Å². The first-order valence-electron chi connectivity index (χ1n) is 6.91. The number of ether oxygens (including phenoxy) is 1. The van der Waals surface area contributed by atoms with Crippen LogP contribution in [0.4, 0.5) is 0 Å². The molecule has 0 spiro atoms. The van der Waals surface area contributed by atoms with Gasteiger partial charge in [-0.3, -0.25) is 4.79 Å². The number of amides is 1. The molecular weight excluding hydrogens is 264 g/mol. The Labute approximate surface area is 118 Å². The predicted octanol–water partition coefficient (Wildman–Crippen LogP) is 0.636. The minimum absolute atomic E-state index is 0.0922. The van der Waals surface area contributed by atoms with Crippen LogP contribution in [-0.2, 0) is 14.3 Å². The monoisotopic (exact) mass is 286 g/mol. The van der Waals surface area contributed by atoms with Crippen molar-refractivity contribution in [1.29, 1.82) is 0 Å². The van der Waals surface area contributed by atoms with E-state index in [0.717, 1.165) is 25.1 Å². The van der Waals surface area contributed by atoms with Gasteiger partial charge in [0, 0.05) is 19.6 Å². The lowest BCUT2D eigenvalue weighted by Gasteiger charge is -2.38. The smallest absolute Gasteiger partial charge is 0.330 e. The van der Waals surface area contributed by atoms with Crippen LogP contribution in [0.5, 0.6) is 0 Å². The molecule has 0 bridgehead atoms. The Morgan fingerprint density at radius 1 is 1.53 bits per heavy atom. The van der Waals surface area contributed by atoms with Gasteiger partial charge in [0.25, 0.3) is 0 Å². The van der Waals surface area contributed by atoms with Crippen LogP contribution in [0, 0.1) is 0 Å². The predicted molar refractivity (Wildman–Crippen MR) is 75.1 cm³/mol. The molecule has 0 radical (unpaired) electrons. The van der Waals surface area contributed by atoms with E-state index in [0.29, 0.717) is 19.7 Å². The van der Waals surface area contributed by atoms with Gasteiger partial charge in [0.1, 0.15) is 6.04 Å². The maximum Gasteiger partial charge on any atom is 0.330 e. The zero-order chi connectivity index (χ0) is 13.9. The summed E-state index contributed by atoms with van der Waals surface area (Å²) in [5.41, 5.74) is 0. The number of carbonyl (C=O) groups is 2. The first-order valence-corrected chi connectivity index (χ1v) is 7.89. The molecule has 19 heavy (non-hydrogen) atoms. The van der Waals surface area contributed by atoms with Crippen LogP contribution >= 0.6 is 11.8 Å². The minimum atomic E-state index is -0.473. The molecule has 5 nitrogen and oxygen atoms in total. The summed E-state index contributed by atoms with van der Waals surface area (Å²) in [4.78, 5) is 26.4. The van der Waals surface area contributed by atoms with Gasteiger partial charge in [0.2, 0.25) is 5.91 Å². The fraction of sp³-hybridized carbons (Fsp3) is 0.846. The Kier molecular flexibility index (Phi) is 4.73. The van der Waals surface area contributed by atoms with Crippen LogP contribution in [0.3, 0.4) is 0 Å². The molecule has 0 aromatic heterocycles. The lowest BCUT2D eigenvalue weighted by atomic mass is 10.0. The molecule has 0 aromatic rings. The van der Waals surface area contributed by atoms with E-state index in [1.54, 1.807) is 23.6 Å². The van der Waals surface area contributed by atoms with Gasteiger partial charge in [-0.2, -0.15) is 0 Å². The second-order valence-corrected chi connectivity index (χ2v) is 6.75. The topological polar surface area (TPSA) is 58.6 Å². The summed E-state index contributed by atoms with van der Waals surface area (Å²) in [5, 5.41) is 3.16. The third kappa shape index (κ3) is 3.05. The average molecular weight is 286 g/mol. The van der Waals surface area contributed by atoms with E-state index < -0.39 is 6.04 Å². The molecule has 2 aliphatic rings. The van der Waals surface area contributed by atoms with Crippen LogP contribution in [-0.4, -0.2) is 59.6 Å². The molecule has 0 saturated carbocycles. The molecule has 1 amide bonds. The zero-order valence-corrected chi connectivity index (χ0v) is 12.4. The van der Waals surface area contributed by atoms with Crippen LogP contribution < -0.4 is 5.32 Å². The summed E-state index contributed by atoms with van der Waals surface area (Å²) in [6.07, 6.45) is 1.97. The van der Waals surface area contributed by atoms with Crippen LogP contribution in [0.25, 0.3) is 0 Å². The van der Waals surface area contributed by atoms with Crippen LogP contribution in [0.1, 0.15) is 26.7 Å². The number of rotatable bonds is 3. The van der Waals surface area contributed by atoms with Crippen molar-refractivity contribution in [2.75, 3.05) is 32.0 Å². The van der Waals surface area contributed by atoms with Crippen molar-refractivity contribution in [1.82, 2.24) is 10.2 Å². The van der Waals surface area contributed by atoms with Gasteiger partial charge in [-0.15, -0.1) is 11.8 Å². The van der Waals surface area contributed by atoms with Gasteiger partial charge in [-0.1, -0.05) is 0 Å². The molecule has 2 heterocycles. The highest BCUT2D eigenvalue weighted by Gasteiger charge is 2.44. The number of nitrogens with one attached hydrogen (secondary N) is 1. The van der Waals surface area contributed by atoms with Gasteiger partial charge in [0.15, 0.2) is 0 Å². The van der Waals surface area contributed by atoms with E-state index in [-0.39, 0.29) is 16.6 Å². The van der Waals surface area contributed by atoms with Crippen molar-refractivity contribution in [2.45, 2.75) is 37.5 Å². The number of thioether (sulfide) groups is 1. The SMILES string of the molecule is CCOC(=O)C1CNCCN1C(=O)C1(C)CCCS1. The van der Waals surface area contributed by atoms with Gasteiger partial charge in [0.05, 0.1) is 11.4 Å². The number of nitrogens with zero attached hydrogens (tertiary/aromatic N) is 1. The average Bonchev–Trinajstić information content (AvgIpc) is 2.86. The summed E-state index contributed by atoms with van der Waals surface area (Å²) in [6, 6.07) is -0.473. The fourth-order valence-corrected chi connectivity index (χ4v) is 3.92. The number of piperazine rings is 1. The maximum absolute atomic E-state index is 12.7. The summed E-state index contributed by atoms with van der Waals surface area (Å²) < 4.78 is 4.72. The third-order valence-electron chi connectivity index (χ3n) is 3.73. The summed E-state index contributed by atoms with van der Waals surface area (Å²) in [5.74, 6) is 0.822. The molecular formula is C13H22N2O3S. The van der Waals surface area contributed by atoms with E-state index >= 15 is 0 Å². The second kappa shape index (κ2) is 6.13. The quantitative estimate of drug-likeness (QED) is 0.771. The Hall–Kier alpha value is -0.750. The summed E-state index contributed by atoms with van der Waals surface area (Å²) >= 11 is 1.71. The van der Waals surface area contributed by atoms with Crippen molar-refractivity contribution in [3.63, 3.8) is 0 Å². The van der Waals surface area contributed by atoms with E-state index in [4.69, 9.17) is 4.74 Å². The molecule has 0 aromatic carbocycles. The molecule has 2 unspecified atom stereocenters. The van der Waals surface area contributed by atoms with Crippen LogP contribution in [0.2, 0.25) is 0 Å². The molecule has 6 heteroatoms. The largest absolute Gasteiger partial charge is 0.464 e. The maximum atomic E-state index is 12.7. The summed E-state index contributed by atoms with van der Waals surface area (Å²) in [7, 11) is 0. The van der Waals surface area contributed by atoms with Crippen LogP contribution in [0.15, 0.2) is 0 Å². The van der Waals surface area contributed by atoms with Gasteiger partial charge in [-0.25, -0.2) is 4.79 Å². The van der Waals surface area contributed by atoms with E-state index in [1.165, 1.54) is 0 Å². The molecule has 1 N–H and O–H groups in total.